The van der Waals surface area contributed by atoms with Crippen molar-refractivity contribution in [2.75, 3.05) is 18.6 Å². The van der Waals surface area contributed by atoms with Crippen molar-refractivity contribution in [2.24, 2.45) is 11.8 Å². The maximum absolute atomic E-state index is 12.7. The number of nitrogens with zero attached hydrogens (tertiary/aromatic N) is 3. The number of nitro groups is 1. The molecule has 1 fully saturated rings. The summed E-state index contributed by atoms with van der Waals surface area (Å²) < 4.78 is 6.94. The Kier molecular flexibility index (Phi) is 3.97. The lowest BCUT2D eigenvalue weighted by atomic mass is 9.70. The Labute approximate surface area is 166 Å². The van der Waals surface area contributed by atoms with E-state index in [1.54, 1.807) is 24.3 Å². The molecule has 29 heavy (non-hydrogen) atoms. The number of rotatable bonds is 2. The fraction of sp³-hybridized carbons (Fsp3) is 0.429. The second-order valence-corrected chi connectivity index (χ2v) is 8.14. The van der Waals surface area contributed by atoms with Crippen LogP contribution in [0.15, 0.2) is 41.2 Å². The number of piperidine rings is 1. The molecule has 0 radical (unpaired) electrons. The van der Waals surface area contributed by atoms with E-state index in [2.05, 4.69) is 4.90 Å². The summed E-state index contributed by atoms with van der Waals surface area (Å²) in [5, 5.41) is 11.2. The molecule has 8 nitrogen and oxygen atoms in total. The molecule has 3 aliphatic heterocycles. The van der Waals surface area contributed by atoms with Crippen LogP contribution < -0.4 is 10.5 Å². The molecule has 1 aromatic heterocycles. The van der Waals surface area contributed by atoms with Crippen molar-refractivity contribution in [3.05, 3.63) is 68.1 Å². The third-order valence-corrected chi connectivity index (χ3v) is 6.71. The lowest BCUT2D eigenvalue weighted by molar-refractivity contribution is -0.384. The molecule has 0 spiro atoms. The number of anilines is 1. The number of ether oxygens (including phenoxy) is 1. The number of aromatic nitrogens is 1. The predicted octanol–water partition coefficient (Wildman–Crippen LogP) is 2.09. The standard InChI is InChI=1S/C21H21N3O5/c1-29-21(26)16-9-12-8-15(24(27)28)5-6-18(12)23-10-13-7-14(20(16)23)11-22-17(13)3-2-4-19(22)25/h2-6,8,13-14,16,20H,7,9-11H2,1H3/t13-,14+,16-,20+/m1/s1. The molecule has 1 aromatic carbocycles. The normalized spacial score (nSPS) is 26.7. The zero-order chi connectivity index (χ0) is 20.3. The van der Waals surface area contributed by atoms with Crippen LogP contribution in [0.3, 0.4) is 0 Å². The number of fused-ring (bicyclic) bond motifs is 8. The van der Waals surface area contributed by atoms with Crippen molar-refractivity contribution in [3.8, 4) is 0 Å². The highest BCUT2D eigenvalue weighted by Gasteiger charge is 2.49. The second kappa shape index (κ2) is 6.43. The summed E-state index contributed by atoms with van der Waals surface area (Å²) in [4.78, 5) is 38.1. The smallest absolute Gasteiger partial charge is 0.311 e. The third kappa shape index (κ3) is 2.66. The molecule has 8 heteroatoms. The highest BCUT2D eigenvalue weighted by molar-refractivity contribution is 5.77. The monoisotopic (exact) mass is 395 g/mol. The first-order valence-electron chi connectivity index (χ1n) is 9.79. The largest absolute Gasteiger partial charge is 0.469 e. The van der Waals surface area contributed by atoms with Gasteiger partial charge in [-0.1, -0.05) is 6.07 Å². The van der Waals surface area contributed by atoms with Crippen LogP contribution in [-0.2, 0) is 22.5 Å². The number of benzene rings is 1. The fourth-order valence-electron chi connectivity index (χ4n) is 5.58. The van der Waals surface area contributed by atoms with Crippen molar-refractivity contribution >= 4 is 17.3 Å². The second-order valence-electron chi connectivity index (χ2n) is 8.14. The van der Waals surface area contributed by atoms with Crippen LogP contribution >= 0.6 is 0 Å². The zero-order valence-electron chi connectivity index (χ0n) is 16.0. The van der Waals surface area contributed by atoms with E-state index >= 15 is 0 Å². The van der Waals surface area contributed by atoms with Gasteiger partial charge in [0.25, 0.3) is 11.2 Å². The van der Waals surface area contributed by atoms with Crippen molar-refractivity contribution in [3.63, 3.8) is 0 Å². The fourth-order valence-corrected chi connectivity index (χ4v) is 5.58. The molecule has 150 valence electrons. The van der Waals surface area contributed by atoms with Gasteiger partial charge in [0, 0.05) is 54.6 Å². The minimum atomic E-state index is -0.415. The molecule has 4 heterocycles. The van der Waals surface area contributed by atoms with Crippen LogP contribution in [0.2, 0.25) is 0 Å². The summed E-state index contributed by atoms with van der Waals surface area (Å²) in [6.45, 7) is 1.24. The molecule has 2 bridgehead atoms. The van der Waals surface area contributed by atoms with Gasteiger partial charge >= 0.3 is 5.97 Å². The Hall–Kier alpha value is -3.16. The molecule has 0 N–H and O–H groups in total. The molecule has 0 unspecified atom stereocenters. The van der Waals surface area contributed by atoms with E-state index in [0.717, 1.165) is 23.4 Å². The van der Waals surface area contributed by atoms with Gasteiger partial charge in [0.1, 0.15) is 0 Å². The van der Waals surface area contributed by atoms with Gasteiger partial charge in [0.05, 0.1) is 18.0 Å². The van der Waals surface area contributed by atoms with Crippen LogP contribution in [0.25, 0.3) is 0 Å². The maximum atomic E-state index is 12.7. The molecule has 2 aromatic rings. The van der Waals surface area contributed by atoms with Crippen LogP contribution in [0.5, 0.6) is 0 Å². The molecule has 1 saturated heterocycles. The van der Waals surface area contributed by atoms with E-state index in [1.807, 2.05) is 10.6 Å². The van der Waals surface area contributed by atoms with E-state index in [-0.39, 0.29) is 35.1 Å². The minimum Gasteiger partial charge on any atom is -0.469 e. The van der Waals surface area contributed by atoms with E-state index in [0.29, 0.717) is 19.5 Å². The number of esters is 1. The number of carbonyl (C=O) groups is 1. The molecule has 0 saturated carbocycles. The highest BCUT2D eigenvalue weighted by atomic mass is 16.6. The molecule has 0 aliphatic carbocycles. The number of hydrogen-bond donors (Lipinski definition) is 0. The first-order valence-corrected chi connectivity index (χ1v) is 9.79. The maximum Gasteiger partial charge on any atom is 0.311 e. The predicted molar refractivity (Wildman–Crippen MR) is 105 cm³/mol. The summed E-state index contributed by atoms with van der Waals surface area (Å²) in [7, 11) is 1.38. The van der Waals surface area contributed by atoms with Gasteiger partial charge in [0.2, 0.25) is 0 Å². The highest BCUT2D eigenvalue weighted by Crippen LogP contribution is 2.47. The van der Waals surface area contributed by atoms with Crippen LogP contribution in [-0.4, -0.2) is 35.2 Å². The zero-order valence-corrected chi connectivity index (χ0v) is 16.0. The molecule has 5 rings (SSSR count). The van der Waals surface area contributed by atoms with E-state index in [1.165, 1.54) is 13.2 Å². The number of methoxy groups -OCH3 is 1. The molecular weight excluding hydrogens is 374 g/mol. The summed E-state index contributed by atoms with van der Waals surface area (Å²) in [5.41, 5.74) is 2.79. The van der Waals surface area contributed by atoms with Gasteiger partial charge in [0.15, 0.2) is 0 Å². The number of nitro benzene ring substituents is 1. The minimum absolute atomic E-state index is 0.00731. The van der Waals surface area contributed by atoms with Gasteiger partial charge in [-0.2, -0.15) is 0 Å². The molecule has 0 amide bonds. The Morgan fingerprint density at radius 1 is 1.24 bits per heavy atom. The number of hydrogen-bond acceptors (Lipinski definition) is 6. The van der Waals surface area contributed by atoms with Gasteiger partial charge in [-0.25, -0.2) is 0 Å². The quantitative estimate of drug-likeness (QED) is 0.439. The van der Waals surface area contributed by atoms with Gasteiger partial charge in [-0.3, -0.25) is 19.7 Å². The van der Waals surface area contributed by atoms with Crippen molar-refractivity contribution in [1.29, 1.82) is 0 Å². The summed E-state index contributed by atoms with van der Waals surface area (Å²) in [5.74, 6) is -0.407. The average molecular weight is 395 g/mol. The van der Waals surface area contributed by atoms with Gasteiger partial charge in [-0.05, 0) is 36.5 Å². The Balaban J connectivity index is 1.63. The Morgan fingerprint density at radius 3 is 2.83 bits per heavy atom. The Morgan fingerprint density at radius 2 is 2.07 bits per heavy atom. The first kappa shape index (κ1) is 17.9. The van der Waals surface area contributed by atoms with Crippen molar-refractivity contribution in [2.45, 2.75) is 31.3 Å². The number of carbonyl (C=O) groups excluding carboxylic acids is 1. The van der Waals surface area contributed by atoms with Crippen LogP contribution in [0, 0.1) is 22.0 Å². The molecule has 3 aliphatic rings. The van der Waals surface area contributed by atoms with Crippen molar-refractivity contribution in [1.82, 2.24) is 4.57 Å². The van der Waals surface area contributed by atoms with E-state index < -0.39 is 10.8 Å². The Bertz CT molecular complexity index is 1080. The number of non-ortho nitro benzene ring substituents is 1. The molecular formula is C21H21N3O5. The summed E-state index contributed by atoms with van der Waals surface area (Å²) in [6.07, 6.45) is 1.32. The van der Waals surface area contributed by atoms with Gasteiger partial charge in [-0.15, -0.1) is 0 Å². The average Bonchev–Trinajstić information content (AvgIpc) is 2.73. The lowest BCUT2D eigenvalue weighted by Gasteiger charge is -2.53. The van der Waals surface area contributed by atoms with E-state index in [4.69, 9.17) is 4.74 Å². The van der Waals surface area contributed by atoms with Crippen LogP contribution in [0.1, 0.15) is 23.6 Å². The summed E-state index contributed by atoms with van der Waals surface area (Å²) in [6, 6.07) is 10.2. The summed E-state index contributed by atoms with van der Waals surface area (Å²) >= 11 is 0. The van der Waals surface area contributed by atoms with Crippen molar-refractivity contribution < 1.29 is 14.5 Å². The first-order chi connectivity index (χ1) is 14.0. The van der Waals surface area contributed by atoms with Crippen LogP contribution in [0.4, 0.5) is 11.4 Å². The van der Waals surface area contributed by atoms with Gasteiger partial charge < -0.3 is 14.2 Å². The third-order valence-electron chi connectivity index (χ3n) is 6.71. The van der Waals surface area contributed by atoms with E-state index in [9.17, 15) is 19.7 Å². The SMILES string of the molecule is COC(=O)[C@@H]1Cc2cc([N+](=O)[O-])ccc2N2C[C@H]3C[C@@H](Cn4c3cccc4=O)[C@@H]12. The number of pyridine rings is 1. The topological polar surface area (TPSA) is 94.7 Å². The lowest BCUT2D eigenvalue weighted by Crippen LogP contribution is -2.60. The molecule has 4 atom stereocenters.